The van der Waals surface area contributed by atoms with Crippen LogP contribution in [-0.2, 0) is 21.9 Å². The molecule has 2 heterocycles. The van der Waals surface area contributed by atoms with Crippen molar-refractivity contribution in [3.63, 3.8) is 0 Å². The molecule has 0 saturated carbocycles. The van der Waals surface area contributed by atoms with E-state index in [0.717, 1.165) is 0 Å². The first-order valence-corrected chi connectivity index (χ1v) is 9.85. The highest BCUT2D eigenvalue weighted by molar-refractivity contribution is 7.90. The molecule has 1 aromatic carbocycles. The van der Waals surface area contributed by atoms with Crippen molar-refractivity contribution >= 4 is 27.5 Å². The molecule has 10 heteroatoms. The number of carbonyl (C=O) groups excluding carboxylic acids is 2. The highest BCUT2D eigenvalue weighted by Crippen LogP contribution is 2.34. The summed E-state index contributed by atoms with van der Waals surface area (Å²) >= 11 is 0. The van der Waals surface area contributed by atoms with E-state index >= 15 is 0 Å². The van der Waals surface area contributed by atoms with Gasteiger partial charge in [0.15, 0.2) is 6.10 Å². The molecular formula is C18H19N3O6S. The Morgan fingerprint density at radius 2 is 1.89 bits per heavy atom. The minimum absolute atomic E-state index is 0.178. The van der Waals surface area contributed by atoms with E-state index in [0.29, 0.717) is 16.9 Å². The number of aromatic nitrogens is 1. The predicted molar refractivity (Wildman–Crippen MR) is 101 cm³/mol. The fourth-order valence-electron chi connectivity index (χ4n) is 2.77. The Balaban J connectivity index is 1.97. The Morgan fingerprint density at radius 3 is 2.57 bits per heavy atom. The van der Waals surface area contributed by atoms with Crippen molar-refractivity contribution < 1.29 is 22.7 Å². The van der Waals surface area contributed by atoms with E-state index in [-0.39, 0.29) is 22.1 Å². The Morgan fingerprint density at radius 1 is 1.21 bits per heavy atom. The summed E-state index contributed by atoms with van der Waals surface area (Å²) in [6.45, 7) is 4.74. The third-order valence-electron chi connectivity index (χ3n) is 4.52. The molecule has 2 aromatic rings. The van der Waals surface area contributed by atoms with Crippen LogP contribution in [0.15, 0.2) is 34.0 Å². The average Bonchev–Trinajstić information content (AvgIpc) is 2.60. The van der Waals surface area contributed by atoms with E-state index in [1.807, 2.05) is 4.72 Å². The van der Waals surface area contributed by atoms with Crippen LogP contribution < -0.4 is 20.3 Å². The number of hydrogen-bond donors (Lipinski definition) is 2. The number of amides is 2. The van der Waals surface area contributed by atoms with E-state index < -0.39 is 27.6 Å². The van der Waals surface area contributed by atoms with Gasteiger partial charge in [0.2, 0.25) is 0 Å². The van der Waals surface area contributed by atoms with Crippen molar-refractivity contribution in [1.29, 1.82) is 0 Å². The maximum absolute atomic E-state index is 12.7. The lowest BCUT2D eigenvalue weighted by atomic mass is 10.1. The van der Waals surface area contributed by atoms with E-state index in [1.54, 1.807) is 13.0 Å². The van der Waals surface area contributed by atoms with Gasteiger partial charge in [-0.3, -0.25) is 14.4 Å². The summed E-state index contributed by atoms with van der Waals surface area (Å²) in [6, 6.07) is 5.51. The zero-order valence-corrected chi connectivity index (χ0v) is 16.5. The number of aryl methyl sites for hydroxylation is 2. The fraction of sp³-hybridized carbons (Fsp3) is 0.278. The molecule has 3 rings (SSSR count). The van der Waals surface area contributed by atoms with Crippen molar-refractivity contribution in [1.82, 2.24) is 9.29 Å². The first-order chi connectivity index (χ1) is 13.0. The van der Waals surface area contributed by atoms with Gasteiger partial charge in [-0.2, -0.15) is 0 Å². The Labute approximate surface area is 161 Å². The van der Waals surface area contributed by atoms with Crippen LogP contribution >= 0.6 is 0 Å². The van der Waals surface area contributed by atoms with Gasteiger partial charge in [0.25, 0.3) is 27.4 Å². The number of fused-ring (bicyclic) bond motifs is 1. The van der Waals surface area contributed by atoms with Crippen molar-refractivity contribution in [2.75, 3.05) is 5.32 Å². The van der Waals surface area contributed by atoms with Crippen LogP contribution in [0.1, 0.15) is 28.5 Å². The Hall–Kier alpha value is -3.14. The molecule has 0 spiro atoms. The predicted octanol–water partition coefficient (Wildman–Crippen LogP) is 0.840. The van der Waals surface area contributed by atoms with Crippen molar-refractivity contribution in [3.05, 3.63) is 51.4 Å². The number of pyridine rings is 1. The fourth-order valence-corrected chi connectivity index (χ4v) is 3.97. The zero-order valence-electron chi connectivity index (χ0n) is 15.7. The summed E-state index contributed by atoms with van der Waals surface area (Å²) in [6.07, 6.45) is -0.782. The highest BCUT2D eigenvalue weighted by Gasteiger charge is 2.28. The molecule has 0 saturated heterocycles. The zero-order chi connectivity index (χ0) is 20.8. The van der Waals surface area contributed by atoms with Crippen molar-refractivity contribution in [3.8, 4) is 5.75 Å². The Bertz CT molecular complexity index is 1170. The molecule has 1 aliphatic rings. The lowest BCUT2D eigenvalue weighted by Gasteiger charge is -2.24. The molecule has 1 atom stereocenters. The van der Waals surface area contributed by atoms with Gasteiger partial charge in [-0.25, -0.2) is 13.1 Å². The number of rotatable bonds is 3. The second kappa shape index (κ2) is 6.79. The van der Waals surface area contributed by atoms with Crippen LogP contribution in [-0.4, -0.2) is 30.9 Å². The number of nitrogens with one attached hydrogen (secondary N) is 2. The van der Waals surface area contributed by atoms with Gasteiger partial charge >= 0.3 is 0 Å². The molecule has 1 aromatic heterocycles. The summed E-state index contributed by atoms with van der Waals surface area (Å²) in [5.41, 5.74) is 0.384. The van der Waals surface area contributed by atoms with Crippen LogP contribution in [0.3, 0.4) is 0 Å². The first-order valence-electron chi connectivity index (χ1n) is 8.37. The monoisotopic (exact) mass is 405 g/mol. The molecule has 2 N–H and O–H groups in total. The maximum atomic E-state index is 12.7. The minimum atomic E-state index is -4.28. The van der Waals surface area contributed by atoms with Crippen LogP contribution in [0.25, 0.3) is 0 Å². The average molecular weight is 405 g/mol. The third-order valence-corrected chi connectivity index (χ3v) is 6.00. The molecule has 28 heavy (non-hydrogen) atoms. The Kier molecular flexibility index (Phi) is 4.76. The largest absolute Gasteiger partial charge is 0.479 e. The highest BCUT2D eigenvalue weighted by atomic mass is 32.2. The topological polar surface area (TPSA) is 124 Å². The molecule has 0 aliphatic carbocycles. The number of hydrogen-bond acceptors (Lipinski definition) is 6. The SMILES string of the molecule is Cc1cc2c(cc1S(=O)(=O)NC(=O)c1ccc(C)n(C)c1=O)OC(C)C(=O)N2. The number of benzene rings is 1. The van der Waals surface area contributed by atoms with Crippen molar-refractivity contribution in [2.24, 2.45) is 7.05 Å². The molecule has 1 aliphatic heterocycles. The summed E-state index contributed by atoms with van der Waals surface area (Å²) in [5.74, 6) is -1.19. The van der Waals surface area contributed by atoms with E-state index in [2.05, 4.69) is 5.32 Å². The summed E-state index contributed by atoms with van der Waals surface area (Å²) < 4.78 is 34.1. The molecule has 9 nitrogen and oxygen atoms in total. The molecular weight excluding hydrogens is 386 g/mol. The standard InChI is InChI=1S/C18H19N3O6S/c1-9-7-13-14(27-11(3)16(22)19-13)8-15(9)28(25,26)20-17(23)12-6-5-10(2)21(4)18(12)24/h5-8,11H,1-4H3,(H,19,22)(H,20,23). The molecule has 0 bridgehead atoms. The van der Waals surface area contributed by atoms with Crippen molar-refractivity contribution in [2.45, 2.75) is 31.8 Å². The molecule has 2 amide bonds. The number of nitrogens with zero attached hydrogens (tertiary/aromatic N) is 1. The number of carbonyl (C=O) groups is 2. The lowest BCUT2D eigenvalue weighted by molar-refractivity contribution is -0.122. The van der Waals surface area contributed by atoms with Crippen LogP contribution in [0.2, 0.25) is 0 Å². The maximum Gasteiger partial charge on any atom is 0.270 e. The molecule has 0 radical (unpaired) electrons. The normalized spacial score (nSPS) is 16.0. The third kappa shape index (κ3) is 3.38. The van der Waals surface area contributed by atoms with Gasteiger partial charge in [-0.15, -0.1) is 0 Å². The van der Waals surface area contributed by atoms with Crippen LogP contribution in [0.5, 0.6) is 5.75 Å². The first kappa shape index (κ1) is 19.6. The summed E-state index contributed by atoms with van der Waals surface area (Å²) in [5, 5.41) is 2.62. The van der Waals surface area contributed by atoms with Crippen LogP contribution in [0, 0.1) is 13.8 Å². The lowest BCUT2D eigenvalue weighted by Crippen LogP contribution is -2.37. The minimum Gasteiger partial charge on any atom is -0.479 e. The van der Waals surface area contributed by atoms with Gasteiger partial charge in [0.05, 0.1) is 10.6 Å². The van der Waals surface area contributed by atoms with Gasteiger partial charge in [-0.05, 0) is 44.5 Å². The smallest absolute Gasteiger partial charge is 0.270 e. The van der Waals surface area contributed by atoms with Gasteiger partial charge in [0.1, 0.15) is 11.3 Å². The molecule has 1 unspecified atom stereocenters. The molecule has 0 fully saturated rings. The van der Waals surface area contributed by atoms with Gasteiger partial charge in [0, 0.05) is 18.8 Å². The van der Waals surface area contributed by atoms with Gasteiger partial charge in [-0.1, -0.05) is 0 Å². The molecule has 148 valence electrons. The number of ether oxygens (including phenoxy) is 1. The quantitative estimate of drug-likeness (QED) is 0.780. The number of anilines is 1. The van der Waals surface area contributed by atoms with Gasteiger partial charge < -0.3 is 14.6 Å². The summed E-state index contributed by atoms with van der Waals surface area (Å²) in [7, 11) is -2.79. The van der Waals surface area contributed by atoms with E-state index in [9.17, 15) is 22.8 Å². The number of sulfonamides is 1. The second-order valence-corrected chi connectivity index (χ2v) is 8.20. The summed E-state index contributed by atoms with van der Waals surface area (Å²) in [4.78, 5) is 36.2. The van der Waals surface area contributed by atoms with E-state index in [4.69, 9.17) is 4.74 Å². The van der Waals surface area contributed by atoms with E-state index in [1.165, 1.54) is 43.7 Å². The van der Waals surface area contributed by atoms with Crippen LogP contribution in [0.4, 0.5) is 5.69 Å². The second-order valence-electron chi connectivity index (χ2n) is 6.55.